The van der Waals surface area contributed by atoms with Crippen LogP contribution in [-0.4, -0.2) is 46.9 Å². The van der Waals surface area contributed by atoms with Gasteiger partial charge in [0.15, 0.2) is 0 Å². The minimum absolute atomic E-state index is 0.0797. The van der Waals surface area contributed by atoms with Crippen molar-refractivity contribution in [1.82, 2.24) is 5.32 Å². The van der Waals surface area contributed by atoms with Gasteiger partial charge in [-0.25, -0.2) is 0 Å². The van der Waals surface area contributed by atoms with Gasteiger partial charge in [-0.1, -0.05) is 181 Å². The van der Waals surface area contributed by atoms with Crippen LogP contribution >= 0.6 is 0 Å². The molecule has 0 saturated heterocycles. The molecule has 0 bridgehead atoms. The number of carbonyl (C=O) groups is 2. The Morgan fingerprint density at radius 1 is 0.571 bits per heavy atom. The number of esters is 1. The van der Waals surface area contributed by atoms with Gasteiger partial charge in [-0.15, -0.1) is 0 Å². The fraction of sp³-hybridized carbons (Fsp3) is 0.907. The molecular weight excluding hydrogens is 610 g/mol. The molecule has 0 aromatic rings. The van der Waals surface area contributed by atoms with Gasteiger partial charge in [0.1, 0.15) is 6.10 Å². The summed E-state index contributed by atoms with van der Waals surface area (Å²) in [6, 6.07) is -0.693. The Hall–Kier alpha value is -1.40. The molecule has 0 heterocycles. The molecule has 0 radical (unpaired) electrons. The lowest BCUT2D eigenvalue weighted by Crippen LogP contribution is -2.46. The molecule has 3 unspecified atom stereocenters. The van der Waals surface area contributed by atoms with Gasteiger partial charge >= 0.3 is 5.97 Å². The molecule has 6 heteroatoms. The zero-order valence-corrected chi connectivity index (χ0v) is 32.8. The summed E-state index contributed by atoms with van der Waals surface area (Å²) in [6.07, 6.45) is 38.4. The van der Waals surface area contributed by atoms with Crippen LogP contribution < -0.4 is 5.32 Å². The summed E-state index contributed by atoms with van der Waals surface area (Å²) < 4.78 is 5.87. The second kappa shape index (κ2) is 37.8. The molecule has 0 rings (SSSR count). The Morgan fingerprint density at radius 3 is 1.53 bits per heavy atom. The highest BCUT2D eigenvalue weighted by Crippen LogP contribution is 2.17. The van der Waals surface area contributed by atoms with Crippen molar-refractivity contribution in [2.75, 3.05) is 6.61 Å². The summed E-state index contributed by atoms with van der Waals surface area (Å²) in [7, 11) is 0. The van der Waals surface area contributed by atoms with Crippen LogP contribution in [0.1, 0.15) is 226 Å². The third kappa shape index (κ3) is 33.5. The number of allylic oxidation sites excluding steroid dienone is 2. The molecule has 0 saturated carbocycles. The van der Waals surface area contributed by atoms with E-state index >= 15 is 0 Å². The monoisotopic (exact) mass is 694 g/mol. The van der Waals surface area contributed by atoms with Gasteiger partial charge in [0.05, 0.1) is 25.2 Å². The zero-order chi connectivity index (χ0) is 36.0. The number of ether oxygens (including phenoxy) is 1. The SMILES string of the molecule is CCC/C=C\CCCCCCCC(=O)OC(CCCCCCCCCCCCC)CC(=O)NC(CO)C(O)CCCCCCCCCCC. The summed E-state index contributed by atoms with van der Waals surface area (Å²) in [4.78, 5) is 25.8. The lowest BCUT2D eigenvalue weighted by Gasteiger charge is -2.24. The van der Waals surface area contributed by atoms with Gasteiger partial charge in [-0.2, -0.15) is 0 Å². The summed E-state index contributed by atoms with van der Waals surface area (Å²) in [5, 5.41) is 23.5. The molecule has 290 valence electrons. The van der Waals surface area contributed by atoms with Crippen molar-refractivity contribution in [3.05, 3.63) is 12.2 Å². The quantitative estimate of drug-likeness (QED) is 0.0340. The Balaban J connectivity index is 4.59. The third-order valence-electron chi connectivity index (χ3n) is 9.83. The number of aliphatic hydroxyl groups excluding tert-OH is 2. The maximum absolute atomic E-state index is 13.0. The van der Waals surface area contributed by atoms with Gasteiger partial charge in [0.2, 0.25) is 5.91 Å². The minimum atomic E-state index is -0.779. The first kappa shape index (κ1) is 47.6. The molecular formula is C43H83NO5. The summed E-state index contributed by atoms with van der Waals surface area (Å²) >= 11 is 0. The molecule has 49 heavy (non-hydrogen) atoms. The van der Waals surface area contributed by atoms with E-state index in [0.29, 0.717) is 19.3 Å². The van der Waals surface area contributed by atoms with Crippen LogP contribution in [0, 0.1) is 0 Å². The number of nitrogens with one attached hydrogen (secondary N) is 1. The minimum Gasteiger partial charge on any atom is -0.462 e. The van der Waals surface area contributed by atoms with Crippen LogP contribution in [0.15, 0.2) is 12.2 Å². The first-order valence-electron chi connectivity index (χ1n) is 21.4. The van der Waals surface area contributed by atoms with Crippen LogP contribution in [0.4, 0.5) is 0 Å². The van der Waals surface area contributed by atoms with E-state index in [1.807, 2.05) is 0 Å². The first-order valence-corrected chi connectivity index (χ1v) is 21.4. The predicted octanol–water partition coefficient (Wildman–Crippen LogP) is 11.8. The standard InChI is InChI=1S/C43H83NO5/c1-4-7-10-13-16-19-21-23-25-28-31-34-39(49-43(48)36-33-30-27-24-20-17-14-11-8-5-2)37-42(47)44-40(38-45)41(46)35-32-29-26-22-18-15-12-9-6-3/h11,14,39-41,45-46H,4-10,12-13,15-38H2,1-3H3,(H,44,47)/b14-11-. The average Bonchev–Trinajstić information content (AvgIpc) is 3.09. The largest absolute Gasteiger partial charge is 0.462 e. The van der Waals surface area contributed by atoms with Crippen molar-refractivity contribution in [3.8, 4) is 0 Å². The van der Waals surface area contributed by atoms with Crippen molar-refractivity contribution in [3.63, 3.8) is 0 Å². The Labute approximate surface area is 304 Å². The molecule has 3 atom stereocenters. The smallest absolute Gasteiger partial charge is 0.306 e. The van der Waals surface area contributed by atoms with Gasteiger partial charge in [-0.3, -0.25) is 9.59 Å². The highest BCUT2D eigenvalue weighted by molar-refractivity contribution is 5.77. The third-order valence-corrected chi connectivity index (χ3v) is 9.83. The molecule has 0 spiro atoms. The lowest BCUT2D eigenvalue weighted by molar-refractivity contribution is -0.151. The van der Waals surface area contributed by atoms with Crippen molar-refractivity contribution >= 4 is 11.9 Å². The molecule has 0 fully saturated rings. The summed E-state index contributed by atoms with van der Waals surface area (Å²) in [5.74, 6) is -0.480. The van der Waals surface area contributed by atoms with E-state index in [1.165, 1.54) is 116 Å². The Kier molecular flexibility index (Phi) is 36.8. The molecule has 0 aliphatic rings. The van der Waals surface area contributed by atoms with Crippen LogP contribution in [0.3, 0.4) is 0 Å². The van der Waals surface area contributed by atoms with Crippen molar-refractivity contribution in [2.24, 2.45) is 0 Å². The van der Waals surface area contributed by atoms with Gasteiger partial charge in [-0.05, 0) is 44.9 Å². The molecule has 6 nitrogen and oxygen atoms in total. The van der Waals surface area contributed by atoms with Gasteiger partial charge in [0.25, 0.3) is 0 Å². The Morgan fingerprint density at radius 2 is 1.02 bits per heavy atom. The molecule has 3 N–H and O–H groups in total. The fourth-order valence-corrected chi connectivity index (χ4v) is 6.55. The number of aliphatic hydroxyl groups is 2. The van der Waals surface area contributed by atoms with E-state index in [2.05, 4.69) is 38.2 Å². The van der Waals surface area contributed by atoms with Crippen LogP contribution in [0.5, 0.6) is 0 Å². The highest BCUT2D eigenvalue weighted by Gasteiger charge is 2.24. The zero-order valence-electron chi connectivity index (χ0n) is 32.8. The molecule has 0 aromatic carbocycles. The van der Waals surface area contributed by atoms with Crippen LogP contribution in [-0.2, 0) is 14.3 Å². The first-order chi connectivity index (χ1) is 24.0. The van der Waals surface area contributed by atoms with Gasteiger partial charge < -0.3 is 20.3 Å². The number of hydrogen-bond donors (Lipinski definition) is 3. The van der Waals surface area contributed by atoms with E-state index in [9.17, 15) is 19.8 Å². The van der Waals surface area contributed by atoms with E-state index in [1.54, 1.807) is 0 Å². The number of unbranched alkanes of at least 4 members (excludes halogenated alkanes) is 24. The predicted molar refractivity (Wildman–Crippen MR) is 209 cm³/mol. The summed E-state index contributed by atoms with van der Waals surface area (Å²) in [5.41, 5.74) is 0. The maximum atomic E-state index is 13.0. The highest BCUT2D eigenvalue weighted by atomic mass is 16.5. The van der Waals surface area contributed by atoms with Gasteiger partial charge in [0, 0.05) is 6.42 Å². The average molecular weight is 694 g/mol. The number of carbonyl (C=O) groups excluding carboxylic acids is 2. The van der Waals surface area contributed by atoms with Crippen molar-refractivity contribution in [1.29, 1.82) is 0 Å². The molecule has 0 aromatic heterocycles. The van der Waals surface area contributed by atoms with E-state index in [0.717, 1.165) is 64.2 Å². The van der Waals surface area contributed by atoms with E-state index < -0.39 is 18.2 Å². The topological polar surface area (TPSA) is 95.9 Å². The second-order valence-corrected chi connectivity index (χ2v) is 14.7. The fourth-order valence-electron chi connectivity index (χ4n) is 6.55. The van der Waals surface area contributed by atoms with Crippen LogP contribution in [0.25, 0.3) is 0 Å². The number of rotatable bonds is 38. The molecule has 1 amide bonds. The number of hydrogen-bond acceptors (Lipinski definition) is 5. The van der Waals surface area contributed by atoms with Crippen molar-refractivity contribution in [2.45, 2.75) is 244 Å². The van der Waals surface area contributed by atoms with Crippen LogP contribution in [0.2, 0.25) is 0 Å². The van der Waals surface area contributed by atoms with Crippen molar-refractivity contribution < 1.29 is 24.5 Å². The molecule has 0 aliphatic heterocycles. The normalized spacial score (nSPS) is 13.5. The summed E-state index contributed by atoms with van der Waals surface area (Å²) in [6.45, 7) is 6.39. The van der Waals surface area contributed by atoms with E-state index in [4.69, 9.17) is 4.74 Å². The lowest BCUT2D eigenvalue weighted by atomic mass is 10.0. The van der Waals surface area contributed by atoms with E-state index in [-0.39, 0.29) is 24.9 Å². The number of amides is 1. The maximum Gasteiger partial charge on any atom is 0.306 e. The Bertz CT molecular complexity index is 742. The second-order valence-electron chi connectivity index (χ2n) is 14.7. The molecule has 0 aliphatic carbocycles.